The first-order chi connectivity index (χ1) is 10.7. The van der Waals surface area contributed by atoms with Crippen LogP contribution in [0.3, 0.4) is 0 Å². The summed E-state index contributed by atoms with van der Waals surface area (Å²) in [6.45, 7) is 0. The van der Waals surface area contributed by atoms with E-state index in [4.69, 9.17) is 10.5 Å². The van der Waals surface area contributed by atoms with Crippen molar-refractivity contribution in [3.63, 3.8) is 0 Å². The number of aromatic nitrogens is 1. The predicted molar refractivity (Wildman–Crippen MR) is 86.7 cm³/mol. The number of aromatic amines is 1. The average Bonchev–Trinajstić information content (AvgIpc) is 3.01. The number of nitrogens with one attached hydrogen (secondary N) is 1. The van der Waals surface area contributed by atoms with Gasteiger partial charge in [-0.05, 0) is 29.3 Å². The fraction of sp³-hybridized carbons (Fsp3) is 0.0556. The molecule has 22 heavy (non-hydrogen) atoms. The standard InChI is InChI=1S/C18H16N2O2/c1-22-14-9-7-12(8-10-14)15-11-16(20-17(15)18(19)21)13-5-3-2-4-6-13/h2-11,20H,1H3,(H2,19,21). The molecule has 3 N–H and O–H groups in total. The lowest BCUT2D eigenvalue weighted by atomic mass is 10.0. The molecule has 0 saturated carbocycles. The molecule has 0 aliphatic carbocycles. The van der Waals surface area contributed by atoms with Gasteiger partial charge in [0, 0.05) is 11.3 Å². The highest BCUT2D eigenvalue weighted by Gasteiger charge is 2.15. The molecule has 0 radical (unpaired) electrons. The van der Waals surface area contributed by atoms with Gasteiger partial charge < -0.3 is 15.5 Å². The second-order valence-electron chi connectivity index (χ2n) is 4.93. The van der Waals surface area contributed by atoms with Crippen LogP contribution in [-0.4, -0.2) is 18.0 Å². The number of benzene rings is 2. The minimum atomic E-state index is -0.479. The van der Waals surface area contributed by atoms with E-state index in [9.17, 15) is 4.79 Å². The number of ether oxygens (including phenoxy) is 1. The summed E-state index contributed by atoms with van der Waals surface area (Å²) in [6.07, 6.45) is 0. The number of hydrogen-bond donors (Lipinski definition) is 2. The first-order valence-corrected chi connectivity index (χ1v) is 6.91. The van der Waals surface area contributed by atoms with Gasteiger partial charge in [-0.15, -0.1) is 0 Å². The molecule has 0 aliphatic heterocycles. The zero-order valence-electron chi connectivity index (χ0n) is 12.2. The maximum atomic E-state index is 11.7. The zero-order chi connectivity index (χ0) is 15.5. The molecule has 0 bridgehead atoms. The Kier molecular flexibility index (Phi) is 3.66. The summed E-state index contributed by atoms with van der Waals surface area (Å²) in [5.41, 5.74) is 9.47. The Bertz CT molecular complexity index is 790. The first-order valence-electron chi connectivity index (χ1n) is 6.91. The van der Waals surface area contributed by atoms with Crippen molar-refractivity contribution in [2.75, 3.05) is 7.11 Å². The maximum absolute atomic E-state index is 11.7. The highest BCUT2D eigenvalue weighted by Crippen LogP contribution is 2.30. The SMILES string of the molecule is COc1ccc(-c2cc(-c3ccccc3)[nH]c2C(N)=O)cc1. The van der Waals surface area contributed by atoms with Gasteiger partial charge in [-0.3, -0.25) is 4.79 Å². The molecule has 0 fully saturated rings. The molecule has 2 aromatic carbocycles. The highest BCUT2D eigenvalue weighted by atomic mass is 16.5. The maximum Gasteiger partial charge on any atom is 0.265 e. The third kappa shape index (κ3) is 2.59. The highest BCUT2D eigenvalue weighted by molar-refractivity contribution is 5.99. The normalized spacial score (nSPS) is 10.4. The van der Waals surface area contributed by atoms with Crippen LogP contribution in [0.15, 0.2) is 60.7 Å². The van der Waals surface area contributed by atoms with E-state index in [1.165, 1.54) is 0 Å². The number of primary amides is 1. The van der Waals surface area contributed by atoms with Crippen LogP contribution >= 0.6 is 0 Å². The molecule has 4 nitrogen and oxygen atoms in total. The second-order valence-corrected chi connectivity index (χ2v) is 4.93. The van der Waals surface area contributed by atoms with Crippen LogP contribution in [0, 0.1) is 0 Å². The Labute approximate surface area is 128 Å². The van der Waals surface area contributed by atoms with E-state index in [-0.39, 0.29) is 0 Å². The first kappa shape index (κ1) is 13.9. The summed E-state index contributed by atoms with van der Waals surface area (Å²) in [6, 6.07) is 19.3. The Morgan fingerprint density at radius 1 is 1.00 bits per heavy atom. The van der Waals surface area contributed by atoms with E-state index in [0.717, 1.165) is 28.1 Å². The summed E-state index contributed by atoms with van der Waals surface area (Å²) < 4.78 is 5.16. The zero-order valence-corrected chi connectivity index (χ0v) is 12.2. The van der Waals surface area contributed by atoms with Gasteiger partial charge in [0.15, 0.2) is 0 Å². The number of carbonyl (C=O) groups is 1. The molecule has 0 unspecified atom stereocenters. The molecule has 0 spiro atoms. The molecule has 3 aromatic rings. The lowest BCUT2D eigenvalue weighted by Gasteiger charge is -2.03. The fourth-order valence-corrected chi connectivity index (χ4v) is 2.42. The van der Waals surface area contributed by atoms with Crippen LogP contribution in [-0.2, 0) is 0 Å². The second kappa shape index (κ2) is 5.77. The van der Waals surface area contributed by atoms with Crippen molar-refractivity contribution in [2.45, 2.75) is 0 Å². The fourth-order valence-electron chi connectivity index (χ4n) is 2.42. The van der Waals surface area contributed by atoms with Crippen LogP contribution in [0.1, 0.15) is 10.5 Å². The van der Waals surface area contributed by atoms with Crippen LogP contribution < -0.4 is 10.5 Å². The van der Waals surface area contributed by atoms with Crippen LogP contribution in [0.5, 0.6) is 5.75 Å². The smallest absolute Gasteiger partial charge is 0.265 e. The minimum Gasteiger partial charge on any atom is -0.497 e. The number of nitrogens with two attached hydrogens (primary N) is 1. The molecule has 3 rings (SSSR count). The molecular weight excluding hydrogens is 276 g/mol. The lowest BCUT2D eigenvalue weighted by molar-refractivity contribution is 0.0997. The van der Waals surface area contributed by atoms with Gasteiger partial charge in [-0.2, -0.15) is 0 Å². The van der Waals surface area contributed by atoms with E-state index in [1.54, 1.807) is 7.11 Å². The van der Waals surface area contributed by atoms with Crippen molar-refractivity contribution in [1.82, 2.24) is 4.98 Å². The van der Waals surface area contributed by atoms with Crippen molar-refractivity contribution in [3.05, 3.63) is 66.4 Å². The Balaban J connectivity index is 2.09. The van der Waals surface area contributed by atoms with E-state index >= 15 is 0 Å². The summed E-state index contributed by atoms with van der Waals surface area (Å²) in [5, 5.41) is 0. The predicted octanol–water partition coefficient (Wildman–Crippen LogP) is 3.46. The summed E-state index contributed by atoms with van der Waals surface area (Å²) >= 11 is 0. The minimum absolute atomic E-state index is 0.406. The lowest BCUT2D eigenvalue weighted by Crippen LogP contribution is -2.12. The number of carbonyl (C=O) groups excluding carboxylic acids is 1. The largest absolute Gasteiger partial charge is 0.497 e. The van der Waals surface area contributed by atoms with Crippen molar-refractivity contribution in [3.8, 4) is 28.1 Å². The number of methoxy groups -OCH3 is 1. The van der Waals surface area contributed by atoms with E-state index in [1.807, 2.05) is 60.7 Å². The number of rotatable bonds is 4. The van der Waals surface area contributed by atoms with Gasteiger partial charge in [0.05, 0.1) is 7.11 Å². The van der Waals surface area contributed by atoms with Crippen molar-refractivity contribution in [1.29, 1.82) is 0 Å². The monoisotopic (exact) mass is 292 g/mol. The molecule has 0 aliphatic rings. The molecule has 0 atom stereocenters. The quantitative estimate of drug-likeness (QED) is 0.773. The Morgan fingerprint density at radius 3 is 2.27 bits per heavy atom. The molecule has 110 valence electrons. The van der Waals surface area contributed by atoms with Crippen LogP contribution in [0.2, 0.25) is 0 Å². The van der Waals surface area contributed by atoms with E-state index in [2.05, 4.69) is 4.98 Å². The number of H-pyrrole nitrogens is 1. The summed E-state index contributed by atoms with van der Waals surface area (Å²) in [4.78, 5) is 14.8. The van der Waals surface area contributed by atoms with Gasteiger partial charge in [-0.1, -0.05) is 42.5 Å². The molecule has 1 aromatic heterocycles. The third-order valence-corrected chi connectivity index (χ3v) is 3.55. The van der Waals surface area contributed by atoms with Crippen molar-refractivity contribution in [2.24, 2.45) is 5.73 Å². The molecule has 1 amide bonds. The third-order valence-electron chi connectivity index (χ3n) is 3.55. The van der Waals surface area contributed by atoms with Gasteiger partial charge in [0.1, 0.15) is 11.4 Å². The van der Waals surface area contributed by atoms with E-state index in [0.29, 0.717) is 5.69 Å². The Hall–Kier alpha value is -3.01. The number of amides is 1. The molecular formula is C18H16N2O2. The van der Waals surface area contributed by atoms with Crippen molar-refractivity contribution >= 4 is 5.91 Å². The molecule has 0 saturated heterocycles. The van der Waals surface area contributed by atoms with Gasteiger partial charge in [-0.25, -0.2) is 0 Å². The summed E-state index contributed by atoms with van der Waals surface area (Å²) in [5.74, 6) is 0.288. The van der Waals surface area contributed by atoms with Gasteiger partial charge in [0.25, 0.3) is 5.91 Å². The average molecular weight is 292 g/mol. The summed E-state index contributed by atoms with van der Waals surface area (Å²) in [7, 11) is 1.62. The van der Waals surface area contributed by atoms with Crippen molar-refractivity contribution < 1.29 is 9.53 Å². The number of hydrogen-bond acceptors (Lipinski definition) is 2. The van der Waals surface area contributed by atoms with Gasteiger partial charge in [0.2, 0.25) is 0 Å². The van der Waals surface area contributed by atoms with Gasteiger partial charge >= 0.3 is 0 Å². The van der Waals surface area contributed by atoms with Crippen LogP contribution in [0.25, 0.3) is 22.4 Å². The van der Waals surface area contributed by atoms with Crippen LogP contribution in [0.4, 0.5) is 0 Å². The Morgan fingerprint density at radius 2 is 1.68 bits per heavy atom. The molecule has 4 heteroatoms. The molecule has 1 heterocycles. The topological polar surface area (TPSA) is 68.1 Å². The van der Waals surface area contributed by atoms with E-state index < -0.39 is 5.91 Å².